The SMILES string of the molecule is C=CCN(CC)c1ccc(C#N)cc1Br. The van der Waals surface area contributed by atoms with Crippen molar-refractivity contribution in [2.24, 2.45) is 0 Å². The largest absolute Gasteiger partial charge is 0.367 e. The van der Waals surface area contributed by atoms with Crippen LogP contribution >= 0.6 is 15.9 Å². The Morgan fingerprint density at radius 2 is 2.33 bits per heavy atom. The average Bonchev–Trinajstić information content (AvgIpc) is 2.26. The van der Waals surface area contributed by atoms with Gasteiger partial charge in [0.25, 0.3) is 0 Å². The third-order valence-corrected chi connectivity index (χ3v) is 2.78. The van der Waals surface area contributed by atoms with Gasteiger partial charge in [-0.2, -0.15) is 5.26 Å². The Balaban J connectivity index is 3.03. The summed E-state index contributed by atoms with van der Waals surface area (Å²) in [6.45, 7) is 7.54. The monoisotopic (exact) mass is 264 g/mol. The highest BCUT2D eigenvalue weighted by Gasteiger charge is 2.07. The van der Waals surface area contributed by atoms with Gasteiger partial charge in [0.2, 0.25) is 0 Å². The van der Waals surface area contributed by atoms with Gasteiger partial charge in [-0.3, -0.25) is 0 Å². The third kappa shape index (κ3) is 2.84. The second-order valence-electron chi connectivity index (χ2n) is 3.11. The van der Waals surface area contributed by atoms with E-state index in [0.29, 0.717) is 5.56 Å². The van der Waals surface area contributed by atoms with Gasteiger partial charge in [-0.05, 0) is 41.1 Å². The molecule has 1 aromatic carbocycles. The first kappa shape index (κ1) is 11.8. The fraction of sp³-hybridized carbons (Fsp3) is 0.250. The molecular weight excluding hydrogens is 252 g/mol. The van der Waals surface area contributed by atoms with E-state index in [1.807, 2.05) is 24.3 Å². The molecule has 0 aliphatic carbocycles. The molecule has 0 spiro atoms. The topological polar surface area (TPSA) is 27.0 Å². The quantitative estimate of drug-likeness (QED) is 0.781. The Labute approximate surface area is 99.0 Å². The van der Waals surface area contributed by atoms with E-state index in [-0.39, 0.29) is 0 Å². The van der Waals surface area contributed by atoms with E-state index < -0.39 is 0 Å². The van der Waals surface area contributed by atoms with Gasteiger partial charge in [0.05, 0.1) is 17.3 Å². The maximum atomic E-state index is 8.75. The summed E-state index contributed by atoms with van der Waals surface area (Å²) < 4.78 is 0.949. The number of likely N-dealkylation sites (N-methyl/N-ethyl adjacent to an activating group) is 1. The zero-order valence-electron chi connectivity index (χ0n) is 8.70. The number of nitrogens with zero attached hydrogens (tertiary/aromatic N) is 2. The highest BCUT2D eigenvalue weighted by Crippen LogP contribution is 2.27. The van der Waals surface area contributed by atoms with Gasteiger partial charge >= 0.3 is 0 Å². The molecule has 0 saturated heterocycles. The van der Waals surface area contributed by atoms with E-state index in [0.717, 1.165) is 23.2 Å². The van der Waals surface area contributed by atoms with Crippen LogP contribution in [0.1, 0.15) is 12.5 Å². The predicted octanol–water partition coefficient (Wildman–Crippen LogP) is 3.33. The summed E-state index contributed by atoms with van der Waals surface area (Å²) in [6, 6.07) is 7.73. The molecule has 0 bridgehead atoms. The minimum absolute atomic E-state index is 0.667. The fourth-order valence-electron chi connectivity index (χ4n) is 1.39. The van der Waals surface area contributed by atoms with Crippen molar-refractivity contribution in [3.8, 4) is 6.07 Å². The van der Waals surface area contributed by atoms with Gasteiger partial charge < -0.3 is 4.90 Å². The molecule has 1 rings (SSSR count). The molecule has 0 aliphatic heterocycles. The van der Waals surface area contributed by atoms with E-state index in [1.54, 1.807) is 0 Å². The zero-order chi connectivity index (χ0) is 11.3. The molecule has 0 fully saturated rings. The Bertz CT molecular complexity index is 393. The van der Waals surface area contributed by atoms with Crippen LogP contribution in [-0.4, -0.2) is 13.1 Å². The summed E-state index contributed by atoms with van der Waals surface area (Å²) in [5.74, 6) is 0. The van der Waals surface area contributed by atoms with Crippen molar-refractivity contribution in [3.05, 3.63) is 40.9 Å². The lowest BCUT2D eigenvalue weighted by Gasteiger charge is -2.22. The highest BCUT2D eigenvalue weighted by atomic mass is 79.9. The molecular formula is C12H13BrN2. The minimum atomic E-state index is 0.667. The number of halogens is 1. The Kier molecular flexibility index (Phi) is 4.38. The lowest BCUT2D eigenvalue weighted by atomic mass is 10.2. The molecule has 0 heterocycles. The highest BCUT2D eigenvalue weighted by molar-refractivity contribution is 9.10. The van der Waals surface area contributed by atoms with E-state index in [1.165, 1.54) is 0 Å². The molecule has 0 aromatic heterocycles. The molecule has 0 unspecified atom stereocenters. The van der Waals surface area contributed by atoms with Gasteiger partial charge in [0.1, 0.15) is 0 Å². The molecule has 0 amide bonds. The summed E-state index contributed by atoms with van der Waals surface area (Å²) in [5.41, 5.74) is 1.76. The zero-order valence-corrected chi connectivity index (χ0v) is 10.3. The number of anilines is 1. The normalized spacial score (nSPS) is 9.40. The first-order valence-corrected chi connectivity index (χ1v) is 5.57. The van der Waals surface area contributed by atoms with Gasteiger partial charge in [-0.25, -0.2) is 0 Å². The average molecular weight is 265 g/mol. The number of hydrogen-bond acceptors (Lipinski definition) is 2. The maximum absolute atomic E-state index is 8.75. The lowest BCUT2D eigenvalue weighted by Crippen LogP contribution is -2.22. The van der Waals surface area contributed by atoms with Crippen molar-refractivity contribution in [3.63, 3.8) is 0 Å². The molecule has 2 nitrogen and oxygen atoms in total. The van der Waals surface area contributed by atoms with E-state index >= 15 is 0 Å². The van der Waals surface area contributed by atoms with E-state index in [9.17, 15) is 0 Å². The molecule has 1 aromatic rings. The van der Waals surface area contributed by atoms with Crippen LogP contribution in [0.25, 0.3) is 0 Å². The summed E-state index contributed by atoms with van der Waals surface area (Å²) >= 11 is 3.47. The van der Waals surface area contributed by atoms with Crippen molar-refractivity contribution >= 4 is 21.6 Å². The van der Waals surface area contributed by atoms with Crippen LogP contribution in [-0.2, 0) is 0 Å². The number of nitriles is 1. The van der Waals surface area contributed by atoms with Crippen molar-refractivity contribution in [1.29, 1.82) is 5.26 Å². The van der Waals surface area contributed by atoms with Crippen LogP contribution in [0.2, 0.25) is 0 Å². The molecule has 78 valence electrons. The first-order chi connectivity index (χ1) is 7.22. The molecule has 15 heavy (non-hydrogen) atoms. The van der Waals surface area contributed by atoms with Crippen molar-refractivity contribution < 1.29 is 0 Å². The standard InChI is InChI=1S/C12H13BrN2/c1-3-7-15(4-2)12-6-5-10(9-14)8-11(12)13/h3,5-6,8H,1,4,7H2,2H3. The van der Waals surface area contributed by atoms with Crippen LogP contribution in [0, 0.1) is 11.3 Å². The van der Waals surface area contributed by atoms with Gasteiger partial charge in [0.15, 0.2) is 0 Å². The molecule has 0 atom stereocenters. The summed E-state index contributed by atoms with van der Waals surface area (Å²) in [5, 5.41) is 8.75. The van der Waals surface area contributed by atoms with Crippen LogP contribution < -0.4 is 4.90 Å². The van der Waals surface area contributed by atoms with Crippen LogP contribution in [0.5, 0.6) is 0 Å². The number of rotatable bonds is 4. The van der Waals surface area contributed by atoms with Gasteiger partial charge in [-0.1, -0.05) is 6.08 Å². The second-order valence-corrected chi connectivity index (χ2v) is 3.96. The van der Waals surface area contributed by atoms with Gasteiger partial charge in [-0.15, -0.1) is 6.58 Å². The molecule has 0 saturated carbocycles. The van der Waals surface area contributed by atoms with E-state index in [4.69, 9.17) is 5.26 Å². The minimum Gasteiger partial charge on any atom is -0.367 e. The molecule has 0 N–H and O–H groups in total. The van der Waals surface area contributed by atoms with Crippen molar-refractivity contribution in [2.75, 3.05) is 18.0 Å². The second kappa shape index (κ2) is 5.57. The van der Waals surface area contributed by atoms with Crippen molar-refractivity contribution in [1.82, 2.24) is 0 Å². The van der Waals surface area contributed by atoms with Crippen LogP contribution in [0.3, 0.4) is 0 Å². The smallest absolute Gasteiger partial charge is 0.0992 e. The fourth-order valence-corrected chi connectivity index (χ4v) is 2.02. The Morgan fingerprint density at radius 1 is 1.60 bits per heavy atom. The van der Waals surface area contributed by atoms with Crippen molar-refractivity contribution in [2.45, 2.75) is 6.92 Å². The number of benzene rings is 1. The van der Waals surface area contributed by atoms with Crippen LogP contribution in [0.4, 0.5) is 5.69 Å². The summed E-state index contributed by atoms with van der Waals surface area (Å²) in [4.78, 5) is 2.18. The molecule has 0 aliphatic rings. The maximum Gasteiger partial charge on any atom is 0.0992 e. The predicted molar refractivity (Wildman–Crippen MR) is 66.9 cm³/mol. The summed E-state index contributed by atoms with van der Waals surface area (Å²) in [6.07, 6.45) is 1.87. The third-order valence-electron chi connectivity index (χ3n) is 2.15. The Morgan fingerprint density at radius 3 is 2.80 bits per heavy atom. The molecule has 0 radical (unpaired) electrons. The number of hydrogen-bond donors (Lipinski definition) is 0. The van der Waals surface area contributed by atoms with Gasteiger partial charge in [0, 0.05) is 17.6 Å². The first-order valence-electron chi connectivity index (χ1n) is 4.78. The summed E-state index contributed by atoms with van der Waals surface area (Å²) in [7, 11) is 0. The van der Waals surface area contributed by atoms with E-state index in [2.05, 4.69) is 40.4 Å². The Hall–Kier alpha value is -1.27. The van der Waals surface area contributed by atoms with Crippen LogP contribution in [0.15, 0.2) is 35.3 Å². The lowest BCUT2D eigenvalue weighted by molar-refractivity contribution is 0.904. The molecule has 3 heteroatoms.